The summed E-state index contributed by atoms with van der Waals surface area (Å²) < 4.78 is 0. The van der Waals surface area contributed by atoms with Crippen molar-refractivity contribution in [1.29, 1.82) is 0 Å². The first-order valence-corrected chi connectivity index (χ1v) is 6.54. The Balaban J connectivity index is 2.03. The highest BCUT2D eigenvalue weighted by Crippen LogP contribution is 2.24. The molecule has 0 fully saturated rings. The molecule has 0 saturated heterocycles. The zero-order valence-electron chi connectivity index (χ0n) is 11.0. The van der Waals surface area contributed by atoms with Crippen molar-refractivity contribution in [2.24, 2.45) is 0 Å². The van der Waals surface area contributed by atoms with E-state index in [-0.39, 0.29) is 0 Å². The molecular weight excluding hydrogens is 246 g/mol. The van der Waals surface area contributed by atoms with Gasteiger partial charge in [-0.15, -0.1) is 5.10 Å². The standard InChI is InChI=1S/C17H15N3/c18-17-12-15(14-9-5-2-6-10-14)16(19-20-17)11-13-7-3-1-4-8-13/h1-10,12H,11H2,(H2,18,20). The molecule has 3 heteroatoms. The van der Waals surface area contributed by atoms with Crippen LogP contribution in [0.5, 0.6) is 0 Å². The molecule has 0 aliphatic rings. The monoisotopic (exact) mass is 261 g/mol. The van der Waals surface area contributed by atoms with Gasteiger partial charge in [0.2, 0.25) is 0 Å². The third-order valence-electron chi connectivity index (χ3n) is 3.19. The lowest BCUT2D eigenvalue weighted by Crippen LogP contribution is -2.01. The van der Waals surface area contributed by atoms with Gasteiger partial charge in [0.15, 0.2) is 0 Å². The van der Waals surface area contributed by atoms with Gasteiger partial charge in [-0.25, -0.2) is 0 Å². The first-order chi connectivity index (χ1) is 9.83. The summed E-state index contributed by atoms with van der Waals surface area (Å²) in [6, 6.07) is 22.3. The highest BCUT2D eigenvalue weighted by molar-refractivity contribution is 5.68. The quantitative estimate of drug-likeness (QED) is 0.787. The van der Waals surface area contributed by atoms with Crippen LogP contribution >= 0.6 is 0 Å². The van der Waals surface area contributed by atoms with E-state index in [0.29, 0.717) is 5.82 Å². The topological polar surface area (TPSA) is 51.8 Å². The maximum absolute atomic E-state index is 5.78. The summed E-state index contributed by atoms with van der Waals surface area (Å²) in [4.78, 5) is 0. The highest BCUT2D eigenvalue weighted by Gasteiger charge is 2.09. The van der Waals surface area contributed by atoms with Crippen molar-refractivity contribution in [2.75, 3.05) is 5.73 Å². The minimum atomic E-state index is 0.445. The van der Waals surface area contributed by atoms with Gasteiger partial charge in [-0.3, -0.25) is 0 Å². The molecule has 1 aromatic heterocycles. The molecular formula is C17H15N3. The van der Waals surface area contributed by atoms with Crippen LogP contribution in [-0.4, -0.2) is 10.2 Å². The Bertz CT molecular complexity index is 694. The molecule has 0 bridgehead atoms. The summed E-state index contributed by atoms with van der Waals surface area (Å²) >= 11 is 0. The van der Waals surface area contributed by atoms with Gasteiger partial charge in [-0.1, -0.05) is 60.7 Å². The molecule has 0 aliphatic carbocycles. The maximum atomic E-state index is 5.78. The molecule has 1 heterocycles. The van der Waals surface area contributed by atoms with Crippen molar-refractivity contribution >= 4 is 5.82 Å². The lowest BCUT2D eigenvalue weighted by Gasteiger charge is -2.09. The molecule has 0 aliphatic heterocycles. The molecule has 0 atom stereocenters. The molecule has 3 aromatic rings. The summed E-state index contributed by atoms with van der Waals surface area (Å²) in [5, 5.41) is 8.26. The first kappa shape index (κ1) is 12.4. The van der Waals surface area contributed by atoms with E-state index < -0.39 is 0 Å². The number of hydrogen-bond acceptors (Lipinski definition) is 3. The average molecular weight is 261 g/mol. The van der Waals surface area contributed by atoms with Gasteiger partial charge in [0.05, 0.1) is 5.69 Å². The summed E-state index contributed by atoms with van der Waals surface area (Å²) in [6.07, 6.45) is 0.748. The lowest BCUT2D eigenvalue weighted by molar-refractivity contribution is 0.948. The van der Waals surface area contributed by atoms with Crippen molar-refractivity contribution in [2.45, 2.75) is 6.42 Å². The fraction of sp³-hybridized carbons (Fsp3) is 0.0588. The van der Waals surface area contributed by atoms with Crippen molar-refractivity contribution in [3.63, 3.8) is 0 Å². The van der Waals surface area contributed by atoms with Crippen molar-refractivity contribution in [3.05, 3.63) is 78.0 Å². The first-order valence-electron chi connectivity index (χ1n) is 6.54. The van der Waals surface area contributed by atoms with Crippen molar-refractivity contribution < 1.29 is 0 Å². The van der Waals surface area contributed by atoms with Crippen LogP contribution < -0.4 is 5.73 Å². The lowest BCUT2D eigenvalue weighted by atomic mass is 10.00. The zero-order chi connectivity index (χ0) is 13.8. The molecule has 2 aromatic carbocycles. The molecule has 0 spiro atoms. The van der Waals surface area contributed by atoms with E-state index in [1.54, 1.807) is 0 Å². The number of nitrogen functional groups attached to an aromatic ring is 1. The molecule has 3 rings (SSSR count). The van der Waals surface area contributed by atoms with Crippen LogP contribution in [0.15, 0.2) is 66.7 Å². The summed E-state index contributed by atoms with van der Waals surface area (Å²) in [6.45, 7) is 0. The Morgan fingerprint density at radius 1 is 0.800 bits per heavy atom. The molecule has 0 unspecified atom stereocenters. The minimum absolute atomic E-state index is 0.445. The maximum Gasteiger partial charge on any atom is 0.146 e. The van der Waals surface area contributed by atoms with Gasteiger partial charge in [-0.2, -0.15) is 5.10 Å². The van der Waals surface area contributed by atoms with Crippen LogP contribution in [0.3, 0.4) is 0 Å². The van der Waals surface area contributed by atoms with E-state index in [1.165, 1.54) is 5.56 Å². The van der Waals surface area contributed by atoms with E-state index in [0.717, 1.165) is 23.2 Å². The Morgan fingerprint density at radius 2 is 1.45 bits per heavy atom. The third-order valence-corrected chi connectivity index (χ3v) is 3.19. The van der Waals surface area contributed by atoms with Gasteiger partial charge < -0.3 is 5.73 Å². The summed E-state index contributed by atoms with van der Waals surface area (Å²) in [5.41, 5.74) is 10.1. The largest absolute Gasteiger partial charge is 0.382 e. The highest BCUT2D eigenvalue weighted by atomic mass is 15.1. The predicted molar refractivity (Wildman–Crippen MR) is 81.1 cm³/mol. The number of rotatable bonds is 3. The molecule has 0 saturated carbocycles. The zero-order valence-corrected chi connectivity index (χ0v) is 11.0. The number of benzene rings is 2. The van der Waals surface area contributed by atoms with Gasteiger partial charge in [0.25, 0.3) is 0 Å². The number of anilines is 1. The Hall–Kier alpha value is -2.68. The van der Waals surface area contributed by atoms with E-state index in [4.69, 9.17) is 5.73 Å². The third kappa shape index (κ3) is 2.67. The molecule has 0 amide bonds. The second kappa shape index (κ2) is 5.53. The number of hydrogen-bond donors (Lipinski definition) is 1. The van der Waals surface area contributed by atoms with E-state index >= 15 is 0 Å². The summed E-state index contributed by atoms with van der Waals surface area (Å²) in [5.74, 6) is 0.445. The van der Waals surface area contributed by atoms with Crippen molar-refractivity contribution in [3.8, 4) is 11.1 Å². The molecule has 2 N–H and O–H groups in total. The smallest absolute Gasteiger partial charge is 0.146 e. The van der Waals surface area contributed by atoms with Gasteiger partial charge >= 0.3 is 0 Å². The van der Waals surface area contributed by atoms with E-state index in [9.17, 15) is 0 Å². The Kier molecular flexibility index (Phi) is 3.42. The fourth-order valence-electron chi connectivity index (χ4n) is 2.22. The Labute approximate surface area is 118 Å². The normalized spacial score (nSPS) is 10.4. The van der Waals surface area contributed by atoms with Gasteiger partial charge in [-0.05, 0) is 17.2 Å². The van der Waals surface area contributed by atoms with Crippen LogP contribution in [0.1, 0.15) is 11.3 Å². The second-order valence-electron chi connectivity index (χ2n) is 4.66. The fourth-order valence-corrected chi connectivity index (χ4v) is 2.22. The van der Waals surface area contributed by atoms with Crippen LogP contribution in [0, 0.1) is 0 Å². The Morgan fingerprint density at radius 3 is 2.15 bits per heavy atom. The van der Waals surface area contributed by atoms with Crippen LogP contribution in [0.25, 0.3) is 11.1 Å². The van der Waals surface area contributed by atoms with Crippen molar-refractivity contribution in [1.82, 2.24) is 10.2 Å². The molecule has 0 radical (unpaired) electrons. The average Bonchev–Trinajstić information content (AvgIpc) is 2.51. The van der Waals surface area contributed by atoms with Gasteiger partial charge in [0.1, 0.15) is 5.82 Å². The van der Waals surface area contributed by atoms with E-state index in [1.807, 2.05) is 42.5 Å². The predicted octanol–water partition coefficient (Wildman–Crippen LogP) is 3.32. The molecule has 98 valence electrons. The van der Waals surface area contributed by atoms with Crippen LogP contribution in [0.4, 0.5) is 5.82 Å². The SMILES string of the molecule is Nc1cc(-c2ccccc2)c(Cc2ccccc2)nn1. The van der Waals surface area contributed by atoms with Gasteiger partial charge in [0, 0.05) is 12.0 Å². The number of nitrogens with zero attached hydrogens (tertiary/aromatic N) is 2. The number of nitrogens with two attached hydrogens (primary N) is 1. The van der Waals surface area contributed by atoms with Crippen LogP contribution in [-0.2, 0) is 6.42 Å². The van der Waals surface area contributed by atoms with Crippen LogP contribution in [0.2, 0.25) is 0 Å². The number of aromatic nitrogens is 2. The minimum Gasteiger partial charge on any atom is -0.382 e. The van der Waals surface area contributed by atoms with E-state index in [2.05, 4.69) is 34.5 Å². The summed E-state index contributed by atoms with van der Waals surface area (Å²) in [7, 11) is 0. The molecule has 3 nitrogen and oxygen atoms in total. The molecule has 20 heavy (non-hydrogen) atoms. The second-order valence-corrected chi connectivity index (χ2v) is 4.66.